The van der Waals surface area contributed by atoms with Crippen LogP contribution in [0.25, 0.3) is 11.3 Å². The molecule has 0 aliphatic rings. The van der Waals surface area contributed by atoms with Crippen LogP contribution in [-0.2, 0) is 6.42 Å². The van der Waals surface area contributed by atoms with Crippen molar-refractivity contribution >= 4 is 11.3 Å². The maximum atomic E-state index is 10.2. The van der Waals surface area contributed by atoms with E-state index in [1.54, 1.807) is 17.5 Å². The van der Waals surface area contributed by atoms with Crippen LogP contribution in [0.4, 0.5) is 0 Å². The summed E-state index contributed by atoms with van der Waals surface area (Å²) < 4.78 is 0. The minimum absolute atomic E-state index is 0.495. The van der Waals surface area contributed by atoms with Crippen molar-refractivity contribution in [1.82, 2.24) is 9.97 Å². The van der Waals surface area contributed by atoms with E-state index in [0.29, 0.717) is 12.1 Å². The van der Waals surface area contributed by atoms with Crippen LogP contribution in [0.2, 0.25) is 0 Å². The highest BCUT2D eigenvalue weighted by molar-refractivity contribution is 7.09. The zero-order valence-electron chi connectivity index (χ0n) is 10.8. The van der Waals surface area contributed by atoms with E-state index in [0.717, 1.165) is 16.3 Å². The van der Waals surface area contributed by atoms with E-state index in [1.807, 2.05) is 53.9 Å². The average molecular weight is 282 g/mol. The zero-order chi connectivity index (χ0) is 13.8. The fourth-order valence-electron chi connectivity index (χ4n) is 1.99. The molecule has 0 fully saturated rings. The molecular formula is C16H14N2OS. The van der Waals surface area contributed by atoms with Crippen molar-refractivity contribution in [2.45, 2.75) is 12.5 Å². The summed E-state index contributed by atoms with van der Waals surface area (Å²) in [6, 6.07) is 15.6. The van der Waals surface area contributed by atoms with Gasteiger partial charge in [0.05, 0.1) is 16.4 Å². The minimum Gasteiger partial charge on any atom is -0.386 e. The number of thiazole rings is 1. The highest BCUT2D eigenvalue weighted by Gasteiger charge is 2.12. The van der Waals surface area contributed by atoms with Crippen molar-refractivity contribution in [1.29, 1.82) is 0 Å². The van der Waals surface area contributed by atoms with Crippen LogP contribution in [0.15, 0.2) is 60.1 Å². The SMILES string of the molecule is OC(Cc1nc(-c2ccccc2)cs1)c1ccccn1. The average Bonchev–Trinajstić information content (AvgIpc) is 2.97. The van der Waals surface area contributed by atoms with Gasteiger partial charge in [0.15, 0.2) is 0 Å². The Hall–Kier alpha value is -2.04. The fourth-order valence-corrected chi connectivity index (χ4v) is 2.83. The van der Waals surface area contributed by atoms with E-state index >= 15 is 0 Å². The van der Waals surface area contributed by atoms with Crippen LogP contribution in [-0.4, -0.2) is 15.1 Å². The molecule has 3 rings (SSSR count). The lowest BCUT2D eigenvalue weighted by atomic mass is 10.1. The first-order chi connectivity index (χ1) is 9.83. The third-order valence-corrected chi connectivity index (χ3v) is 3.89. The molecular weight excluding hydrogens is 268 g/mol. The Kier molecular flexibility index (Phi) is 3.85. The molecule has 1 atom stereocenters. The predicted molar refractivity (Wildman–Crippen MR) is 80.5 cm³/mol. The van der Waals surface area contributed by atoms with Crippen molar-refractivity contribution in [3.63, 3.8) is 0 Å². The first-order valence-electron chi connectivity index (χ1n) is 6.42. The molecule has 4 heteroatoms. The van der Waals surface area contributed by atoms with E-state index < -0.39 is 6.10 Å². The van der Waals surface area contributed by atoms with E-state index in [-0.39, 0.29) is 0 Å². The van der Waals surface area contributed by atoms with Crippen LogP contribution in [0.1, 0.15) is 16.8 Å². The van der Waals surface area contributed by atoms with Crippen LogP contribution in [0.3, 0.4) is 0 Å². The first kappa shape index (κ1) is 13.0. The smallest absolute Gasteiger partial charge is 0.102 e. The summed E-state index contributed by atoms with van der Waals surface area (Å²) in [5.41, 5.74) is 2.74. The van der Waals surface area contributed by atoms with Crippen molar-refractivity contribution in [3.8, 4) is 11.3 Å². The zero-order valence-corrected chi connectivity index (χ0v) is 11.6. The Balaban J connectivity index is 1.75. The number of pyridine rings is 1. The van der Waals surface area contributed by atoms with Gasteiger partial charge in [-0.05, 0) is 12.1 Å². The van der Waals surface area contributed by atoms with E-state index in [4.69, 9.17) is 0 Å². The van der Waals surface area contributed by atoms with Gasteiger partial charge in [-0.3, -0.25) is 4.98 Å². The Labute approximate surface area is 121 Å². The van der Waals surface area contributed by atoms with Gasteiger partial charge in [0, 0.05) is 23.6 Å². The predicted octanol–water partition coefficient (Wildman–Crippen LogP) is 3.48. The van der Waals surface area contributed by atoms with Gasteiger partial charge in [0.1, 0.15) is 6.10 Å². The molecule has 0 bridgehead atoms. The highest BCUT2D eigenvalue weighted by atomic mass is 32.1. The summed E-state index contributed by atoms with van der Waals surface area (Å²) in [7, 11) is 0. The number of hydrogen-bond donors (Lipinski definition) is 1. The summed E-state index contributed by atoms with van der Waals surface area (Å²) in [5.74, 6) is 0. The Morgan fingerprint density at radius 1 is 1.05 bits per heavy atom. The fraction of sp³-hybridized carbons (Fsp3) is 0.125. The number of nitrogens with zero attached hydrogens (tertiary/aromatic N) is 2. The molecule has 0 aliphatic carbocycles. The molecule has 0 radical (unpaired) electrons. The number of aliphatic hydroxyl groups excluding tert-OH is 1. The Morgan fingerprint density at radius 2 is 1.85 bits per heavy atom. The lowest BCUT2D eigenvalue weighted by Gasteiger charge is -2.07. The molecule has 1 unspecified atom stereocenters. The Morgan fingerprint density at radius 3 is 2.60 bits per heavy atom. The topological polar surface area (TPSA) is 46.0 Å². The molecule has 0 saturated heterocycles. The molecule has 100 valence electrons. The highest BCUT2D eigenvalue weighted by Crippen LogP contribution is 2.24. The quantitative estimate of drug-likeness (QED) is 0.797. The largest absolute Gasteiger partial charge is 0.386 e. The molecule has 0 amide bonds. The summed E-state index contributed by atoms with van der Waals surface area (Å²) in [6.45, 7) is 0. The van der Waals surface area contributed by atoms with Gasteiger partial charge in [-0.25, -0.2) is 4.98 Å². The second-order valence-electron chi connectivity index (χ2n) is 4.47. The number of rotatable bonds is 4. The second-order valence-corrected chi connectivity index (χ2v) is 5.41. The van der Waals surface area contributed by atoms with Crippen LogP contribution >= 0.6 is 11.3 Å². The van der Waals surface area contributed by atoms with E-state index in [9.17, 15) is 5.11 Å². The van der Waals surface area contributed by atoms with Crippen molar-refractivity contribution in [3.05, 3.63) is 70.8 Å². The molecule has 0 spiro atoms. The van der Waals surface area contributed by atoms with Gasteiger partial charge >= 0.3 is 0 Å². The molecule has 3 aromatic rings. The maximum absolute atomic E-state index is 10.2. The summed E-state index contributed by atoms with van der Waals surface area (Å²) in [4.78, 5) is 8.74. The third kappa shape index (κ3) is 2.92. The standard InChI is InChI=1S/C16H14N2OS/c19-15(13-8-4-5-9-17-13)10-16-18-14(11-20-16)12-6-2-1-3-7-12/h1-9,11,15,19H,10H2. The normalized spacial score (nSPS) is 12.2. The van der Waals surface area contributed by atoms with Crippen molar-refractivity contribution < 1.29 is 5.11 Å². The number of aromatic nitrogens is 2. The molecule has 3 nitrogen and oxygen atoms in total. The minimum atomic E-state index is -0.606. The third-order valence-electron chi connectivity index (χ3n) is 3.02. The van der Waals surface area contributed by atoms with Gasteiger partial charge in [0.2, 0.25) is 0 Å². The summed E-state index contributed by atoms with van der Waals surface area (Å²) >= 11 is 1.57. The maximum Gasteiger partial charge on any atom is 0.102 e. The molecule has 0 aliphatic heterocycles. The van der Waals surface area contributed by atoms with E-state index in [2.05, 4.69) is 9.97 Å². The molecule has 2 aromatic heterocycles. The number of hydrogen-bond acceptors (Lipinski definition) is 4. The number of aliphatic hydroxyl groups is 1. The van der Waals surface area contributed by atoms with Gasteiger partial charge in [0.25, 0.3) is 0 Å². The first-order valence-corrected chi connectivity index (χ1v) is 7.30. The lowest BCUT2D eigenvalue weighted by molar-refractivity contribution is 0.173. The van der Waals surface area contributed by atoms with Crippen LogP contribution in [0, 0.1) is 0 Å². The second kappa shape index (κ2) is 5.94. The van der Waals surface area contributed by atoms with E-state index in [1.165, 1.54) is 0 Å². The molecule has 0 saturated carbocycles. The van der Waals surface area contributed by atoms with Crippen molar-refractivity contribution in [2.75, 3.05) is 0 Å². The van der Waals surface area contributed by atoms with Gasteiger partial charge in [-0.15, -0.1) is 11.3 Å². The summed E-state index contributed by atoms with van der Waals surface area (Å²) in [6.07, 6.45) is 1.58. The monoisotopic (exact) mass is 282 g/mol. The van der Waals surface area contributed by atoms with Gasteiger partial charge in [-0.2, -0.15) is 0 Å². The molecule has 1 aromatic carbocycles. The van der Waals surface area contributed by atoms with Crippen molar-refractivity contribution in [2.24, 2.45) is 0 Å². The lowest BCUT2D eigenvalue weighted by Crippen LogP contribution is -2.03. The van der Waals surface area contributed by atoms with Gasteiger partial charge < -0.3 is 5.11 Å². The van der Waals surface area contributed by atoms with Gasteiger partial charge in [-0.1, -0.05) is 36.4 Å². The van der Waals surface area contributed by atoms with Crippen LogP contribution < -0.4 is 0 Å². The summed E-state index contributed by atoms with van der Waals surface area (Å²) in [5, 5.41) is 13.1. The Bertz CT molecular complexity index is 667. The number of benzene rings is 1. The molecule has 20 heavy (non-hydrogen) atoms. The van der Waals surface area contributed by atoms with Crippen LogP contribution in [0.5, 0.6) is 0 Å². The molecule has 1 N–H and O–H groups in total. The molecule has 2 heterocycles.